The number of likely N-dealkylation sites (tertiary alicyclic amines) is 1. The number of nitrogens with zero attached hydrogens (tertiary/aromatic N) is 4. The van der Waals surface area contributed by atoms with Crippen molar-refractivity contribution in [3.63, 3.8) is 0 Å². The number of pyridine rings is 1. The molecular formula is C18H29IN6O. The molecular weight excluding hydrogens is 443 g/mol. The summed E-state index contributed by atoms with van der Waals surface area (Å²) in [6, 6.07) is 3.98. The fraction of sp³-hybridized carbons (Fsp3) is 0.611. The smallest absolute Gasteiger partial charge is 0.220 e. The van der Waals surface area contributed by atoms with Gasteiger partial charge in [0.15, 0.2) is 5.96 Å². The molecule has 0 radical (unpaired) electrons. The van der Waals surface area contributed by atoms with E-state index in [0.717, 1.165) is 50.4 Å². The largest absolute Gasteiger partial charge is 0.370 e. The fourth-order valence-corrected chi connectivity index (χ4v) is 3.60. The number of piperidine rings is 2. The summed E-state index contributed by atoms with van der Waals surface area (Å²) >= 11 is 0. The van der Waals surface area contributed by atoms with Crippen LogP contribution in [-0.4, -0.2) is 47.9 Å². The number of nitrogens with two attached hydrogens (primary N) is 2. The predicted molar refractivity (Wildman–Crippen MR) is 115 cm³/mol. The molecule has 2 saturated heterocycles. The van der Waals surface area contributed by atoms with E-state index < -0.39 is 0 Å². The van der Waals surface area contributed by atoms with Gasteiger partial charge in [-0.3, -0.25) is 4.79 Å². The van der Waals surface area contributed by atoms with Crippen LogP contribution in [0.3, 0.4) is 0 Å². The van der Waals surface area contributed by atoms with Crippen molar-refractivity contribution in [2.75, 3.05) is 31.1 Å². The van der Waals surface area contributed by atoms with Crippen molar-refractivity contribution in [1.29, 1.82) is 0 Å². The van der Waals surface area contributed by atoms with Crippen molar-refractivity contribution in [2.24, 2.45) is 22.4 Å². The van der Waals surface area contributed by atoms with E-state index in [0.29, 0.717) is 12.5 Å². The number of hydrogen-bond acceptors (Lipinski definition) is 4. The number of carbonyl (C=O) groups is 1. The monoisotopic (exact) mass is 472 g/mol. The average Bonchev–Trinajstić information content (AvgIpc) is 2.67. The number of aromatic nitrogens is 1. The highest BCUT2D eigenvalue weighted by Crippen LogP contribution is 2.25. The molecule has 0 atom stereocenters. The topological polar surface area (TPSA) is 101 Å². The maximum Gasteiger partial charge on any atom is 0.220 e. The van der Waals surface area contributed by atoms with E-state index in [4.69, 9.17) is 11.5 Å². The minimum atomic E-state index is -0.195. The van der Waals surface area contributed by atoms with Crippen LogP contribution in [-0.2, 0) is 11.3 Å². The summed E-state index contributed by atoms with van der Waals surface area (Å²) < 4.78 is 0. The standard InChI is InChI=1S/C18H28N6O.HI/c19-16(25)14-6-11-23(12-7-14)17-15(5-4-8-21-17)13-22-18(20)24-9-2-1-3-10-24;/h4-5,8,14H,1-3,6-7,9-13H2,(H2,19,25)(H2,20,22);1H. The molecule has 2 aliphatic rings. The van der Waals surface area contributed by atoms with Crippen molar-refractivity contribution in [1.82, 2.24) is 9.88 Å². The zero-order chi connectivity index (χ0) is 17.6. The molecule has 4 N–H and O–H groups in total. The zero-order valence-corrected chi connectivity index (χ0v) is 17.5. The van der Waals surface area contributed by atoms with Gasteiger partial charge in [0.05, 0.1) is 6.54 Å². The maximum absolute atomic E-state index is 11.3. The Labute approximate surface area is 172 Å². The summed E-state index contributed by atoms with van der Waals surface area (Å²) in [5, 5.41) is 0. The van der Waals surface area contributed by atoms with E-state index in [1.54, 1.807) is 6.20 Å². The van der Waals surface area contributed by atoms with Crippen LogP contribution in [0.1, 0.15) is 37.7 Å². The third kappa shape index (κ3) is 5.21. The summed E-state index contributed by atoms with van der Waals surface area (Å²) in [7, 11) is 0. The normalized spacial score (nSPS) is 19.2. The number of carbonyl (C=O) groups excluding carboxylic acids is 1. The SMILES string of the molecule is I.NC(=O)C1CCN(c2ncccc2CN=C(N)N2CCCCC2)CC1. The molecule has 1 aromatic heterocycles. The molecule has 1 aromatic rings. The van der Waals surface area contributed by atoms with E-state index in [9.17, 15) is 4.79 Å². The molecule has 3 rings (SSSR count). The van der Waals surface area contributed by atoms with Gasteiger partial charge in [0.25, 0.3) is 0 Å². The maximum atomic E-state index is 11.3. The second kappa shape index (κ2) is 9.94. The fourth-order valence-electron chi connectivity index (χ4n) is 3.60. The third-order valence-electron chi connectivity index (χ3n) is 5.16. The highest BCUT2D eigenvalue weighted by atomic mass is 127. The number of primary amides is 1. The molecule has 7 nitrogen and oxygen atoms in total. The molecule has 0 bridgehead atoms. The highest BCUT2D eigenvalue weighted by molar-refractivity contribution is 14.0. The average molecular weight is 472 g/mol. The first-order chi connectivity index (χ1) is 12.1. The minimum Gasteiger partial charge on any atom is -0.370 e. The lowest BCUT2D eigenvalue weighted by molar-refractivity contribution is -0.122. The van der Waals surface area contributed by atoms with E-state index >= 15 is 0 Å². The predicted octanol–water partition coefficient (Wildman–Crippen LogP) is 1.70. The Morgan fingerprint density at radius 3 is 2.50 bits per heavy atom. The van der Waals surface area contributed by atoms with Crippen LogP contribution in [0.5, 0.6) is 0 Å². The quantitative estimate of drug-likeness (QED) is 0.395. The van der Waals surface area contributed by atoms with Crippen molar-refractivity contribution in [3.05, 3.63) is 23.9 Å². The number of hydrogen-bond donors (Lipinski definition) is 2. The van der Waals surface area contributed by atoms with Crippen LogP contribution in [0, 0.1) is 5.92 Å². The van der Waals surface area contributed by atoms with Crippen LogP contribution in [0.25, 0.3) is 0 Å². The Morgan fingerprint density at radius 1 is 1.15 bits per heavy atom. The Kier molecular flexibility index (Phi) is 7.92. The lowest BCUT2D eigenvalue weighted by Crippen LogP contribution is -2.41. The van der Waals surface area contributed by atoms with Gasteiger partial charge in [0.2, 0.25) is 5.91 Å². The number of rotatable bonds is 4. The number of guanidine groups is 1. The summed E-state index contributed by atoms with van der Waals surface area (Å²) in [6.07, 6.45) is 7.01. The van der Waals surface area contributed by atoms with Crippen molar-refractivity contribution >= 4 is 41.7 Å². The molecule has 2 fully saturated rings. The molecule has 1 amide bonds. The Balaban J connectivity index is 0.00000243. The molecule has 0 unspecified atom stereocenters. The van der Waals surface area contributed by atoms with Gasteiger partial charge >= 0.3 is 0 Å². The molecule has 144 valence electrons. The van der Waals surface area contributed by atoms with Crippen LogP contribution >= 0.6 is 24.0 Å². The first kappa shape index (κ1) is 20.7. The lowest BCUT2D eigenvalue weighted by atomic mass is 9.96. The van der Waals surface area contributed by atoms with Gasteiger partial charge in [0.1, 0.15) is 5.82 Å². The van der Waals surface area contributed by atoms with Gasteiger partial charge in [-0.05, 0) is 38.2 Å². The molecule has 8 heteroatoms. The summed E-state index contributed by atoms with van der Waals surface area (Å²) in [4.78, 5) is 24.9. The number of halogens is 1. The zero-order valence-electron chi connectivity index (χ0n) is 15.1. The van der Waals surface area contributed by atoms with E-state index in [1.807, 2.05) is 6.07 Å². The van der Waals surface area contributed by atoms with Gasteiger partial charge in [-0.25, -0.2) is 9.98 Å². The van der Waals surface area contributed by atoms with Gasteiger partial charge in [0, 0.05) is 43.9 Å². The Bertz CT molecular complexity index is 624. The van der Waals surface area contributed by atoms with Gasteiger partial charge < -0.3 is 21.3 Å². The number of anilines is 1. The number of aliphatic imine (C=N–C) groups is 1. The van der Waals surface area contributed by atoms with Gasteiger partial charge in [-0.1, -0.05) is 6.07 Å². The first-order valence-electron chi connectivity index (χ1n) is 9.18. The molecule has 26 heavy (non-hydrogen) atoms. The van der Waals surface area contributed by atoms with Crippen molar-refractivity contribution in [3.8, 4) is 0 Å². The van der Waals surface area contributed by atoms with Crippen LogP contribution in [0.4, 0.5) is 5.82 Å². The third-order valence-corrected chi connectivity index (χ3v) is 5.16. The first-order valence-corrected chi connectivity index (χ1v) is 9.18. The van der Waals surface area contributed by atoms with Crippen molar-refractivity contribution < 1.29 is 4.79 Å². The molecule has 0 aliphatic carbocycles. The van der Waals surface area contributed by atoms with Gasteiger partial charge in [-0.15, -0.1) is 24.0 Å². The van der Waals surface area contributed by atoms with Crippen LogP contribution in [0.2, 0.25) is 0 Å². The Morgan fingerprint density at radius 2 is 1.85 bits per heavy atom. The van der Waals surface area contributed by atoms with E-state index in [-0.39, 0.29) is 35.8 Å². The second-order valence-corrected chi connectivity index (χ2v) is 6.87. The van der Waals surface area contributed by atoms with Gasteiger partial charge in [-0.2, -0.15) is 0 Å². The summed E-state index contributed by atoms with van der Waals surface area (Å²) in [5.74, 6) is 1.36. The summed E-state index contributed by atoms with van der Waals surface area (Å²) in [6.45, 7) is 4.11. The van der Waals surface area contributed by atoms with E-state index in [1.165, 1.54) is 19.3 Å². The molecule has 2 aliphatic heterocycles. The number of amides is 1. The second-order valence-electron chi connectivity index (χ2n) is 6.87. The lowest BCUT2D eigenvalue weighted by Gasteiger charge is -2.32. The highest BCUT2D eigenvalue weighted by Gasteiger charge is 2.25. The molecule has 3 heterocycles. The van der Waals surface area contributed by atoms with Crippen LogP contribution in [0.15, 0.2) is 23.3 Å². The molecule has 0 aromatic carbocycles. The van der Waals surface area contributed by atoms with Crippen LogP contribution < -0.4 is 16.4 Å². The minimum absolute atomic E-state index is 0. The molecule has 0 spiro atoms. The van der Waals surface area contributed by atoms with Crippen molar-refractivity contribution in [2.45, 2.75) is 38.6 Å². The van der Waals surface area contributed by atoms with E-state index in [2.05, 4.69) is 25.8 Å². The molecule has 0 saturated carbocycles. The summed E-state index contributed by atoms with van der Waals surface area (Å²) in [5.41, 5.74) is 12.7. The Hall–Kier alpha value is -1.58.